The normalized spacial score (nSPS) is 17.9. The van der Waals surface area contributed by atoms with E-state index in [4.69, 9.17) is 0 Å². The van der Waals surface area contributed by atoms with Gasteiger partial charge in [-0.25, -0.2) is 0 Å². The highest BCUT2D eigenvalue weighted by Crippen LogP contribution is 2.33. The van der Waals surface area contributed by atoms with E-state index in [-0.39, 0.29) is 0 Å². The summed E-state index contributed by atoms with van der Waals surface area (Å²) in [6, 6.07) is 24.9. The standard InChI is InChI=1S/C23H26N2/c1-2-19-11-13-21(14-12-19)23-22-10-6-15-24(22)16-7-17-25(23)18-20-8-4-3-5-9-20/h3-6,8-15,23H,2,7,16-18H2,1H3/t23-/m0/s1. The van der Waals surface area contributed by atoms with E-state index in [1.807, 2.05) is 0 Å². The van der Waals surface area contributed by atoms with Gasteiger partial charge in [-0.3, -0.25) is 4.90 Å². The van der Waals surface area contributed by atoms with Crippen LogP contribution in [0, 0.1) is 0 Å². The molecule has 1 aliphatic heterocycles. The summed E-state index contributed by atoms with van der Waals surface area (Å²) in [6.07, 6.45) is 4.52. The number of benzene rings is 2. The van der Waals surface area contributed by atoms with Crippen molar-refractivity contribution in [3.63, 3.8) is 0 Å². The van der Waals surface area contributed by atoms with Gasteiger partial charge in [0.15, 0.2) is 0 Å². The lowest BCUT2D eigenvalue weighted by Crippen LogP contribution is -2.29. The molecule has 0 saturated heterocycles. The van der Waals surface area contributed by atoms with Gasteiger partial charge in [0.05, 0.1) is 6.04 Å². The molecule has 128 valence electrons. The highest BCUT2D eigenvalue weighted by molar-refractivity contribution is 5.32. The Hall–Kier alpha value is -2.32. The summed E-state index contributed by atoms with van der Waals surface area (Å²) in [5.74, 6) is 0. The lowest BCUT2D eigenvalue weighted by Gasteiger charge is -2.31. The second kappa shape index (κ2) is 7.28. The fourth-order valence-corrected chi connectivity index (χ4v) is 3.94. The maximum absolute atomic E-state index is 2.63. The molecular weight excluding hydrogens is 304 g/mol. The molecule has 2 heteroatoms. The second-order valence-electron chi connectivity index (χ2n) is 6.93. The molecule has 0 amide bonds. The maximum Gasteiger partial charge on any atom is 0.0759 e. The fourth-order valence-electron chi connectivity index (χ4n) is 3.94. The van der Waals surface area contributed by atoms with Gasteiger partial charge in [0, 0.05) is 31.5 Å². The van der Waals surface area contributed by atoms with Crippen LogP contribution in [-0.4, -0.2) is 16.0 Å². The summed E-state index contributed by atoms with van der Waals surface area (Å²) in [5.41, 5.74) is 5.60. The SMILES string of the molecule is CCc1ccc([C@H]2c3cccn3CCCN2Cc2ccccc2)cc1. The summed E-state index contributed by atoms with van der Waals surface area (Å²) in [6.45, 7) is 5.44. The van der Waals surface area contributed by atoms with Gasteiger partial charge < -0.3 is 4.57 Å². The van der Waals surface area contributed by atoms with Gasteiger partial charge in [0.2, 0.25) is 0 Å². The third kappa shape index (κ3) is 3.40. The largest absolute Gasteiger partial charge is 0.350 e. The molecule has 4 rings (SSSR count). The Bertz CT molecular complexity index is 802. The maximum atomic E-state index is 2.63. The van der Waals surface area contributed by atoms with Crippen LogP contribution in [0.5, 0.6) is 0 Å². The number of aromatic nitrogens is 1. The molecule has 1 aromatic heterocycles. The Kier molecular flexibility index (Phi) is 4.71. The molecule has 2 heterocycles. The Balaban J connectivity index is 1.72. The number of fused-ring (bicyclic) bond motifs is 1. The molecule has 0 saturated carbocycles. The first-order chi connectivity index (χ1) is 12.3. The van der Waals surface area contributed by atoms with E-state index in [1.165, 1.54) is 28.8 Å². The van der Waals surface area contributed by atoms with Crippen LogP contribution in [0.1, 0.15) is 41.8 Å². The Morgan fingerprint density at radius 3 is 2.40 bits per heavy atom. The molecule has 0 spiro atoms. The quantitative estimate of drug-likeness (QED) is 0.650. The second-order valence-corrected chi connectivity index (χ2v) is 6.93. The molecular formula is C23H26N2. The van der Waals surface area contributed by atoms with Crippen LogP contribution in [0.3, 0.4) is 0 Å². The van der Waals surface area contributed by atoms with Gasteiger partial charge in [-0.05, 0) is 41.7 Å². The molecule has 1 atom stereocenters. The average Bonchev–Trinajstić information content (AvgIpc) is 3.04. The monoisotopic (exact) mass is 330 g/mol. The van der Waals surface area contributed by atoms with Crippen LogP contribution in [0.25, 0.3) is 0 Å². The van der Waals surface area contributed by atoms with Crippen molar-refractivity contribution in [3.05, 3.63) is 95.3 Å². The lowest BCUT2D eigenvalue weighted by molar-refractivity contribution is 0.220. The molecule has 2 aromatic carbocycles. The number of rotatable bonds is 4. The zero-order valence-electron chi connectivity index (χ0n) is 14.9. The van der Waals surface area contributed by atoms with Gasteiger partial charge in [0.25, 0.3) is 0 Å². The predicted octanol–water partition coefficient (Wildman–Crippen LogP) is 5.05. The van der Waals surface area contributed by atoms with Crippen LogP contribution in [0.4, 0.5) is 0 Å². The Morgan fingerprint density at radius 1 is 0.840 bits per heavy atom. The molecule has 0 unspecified atom stereocenters. The Labute approximate surface area is 150 Å². The van der Waals surface area contributed by atoms with Gasteiger partial charge in [-0.1, -0.05) is 61.5 Å². The Morgan fingerprint density at radius 2 is 1.64 bits per heavy atom. The molecule has 25 heavy (non-hydrogen) atoms. The van der Waals surface area contributed by atoms with Crippen LogP contribution >= 0.6 is 0 Å². The molecule has 2 nitrogen and oxygen atoms in total. The van der Waals surface area contributed by atoms with E-state index in [1.54, 1.807) is 0 Å². The van der Waals surface area contributed by atoms with E-state index in [0.717, 1.165) is 26.1 Å². The van der Waals surface area contributed by atoms with Crippen LogP contribution < -0.4 is 0 Å². The van der Waals surface area contributed by atoms with Crippen molar-refractivity contribution in [2.24, 2.45) is 0 Å². The van der Waals surface area contributed by atoms with E-state index in [0.29, 0.717) is 6.04 Å². The van der Waals surface area contributed by atoms with Crippen molar-refractivity contribution in [2.45, 2.75) is 38.9 Å². The first-order valence-corrected chi connectivity index (χ1v) is 9.37. The molecule has 0 fully saturated rings. The van der Waals surface area contributed by atoms with Gasteiger partial charge in [-0.15, -0.1) is 0 Å². The van der Waals surface area contributed by atoms with Crippen molar-refractivity contribution in [1.29, 1.82) is 0 Å². The number of hydrogen-bond acceptors (Lipinski definition) is 1. The summed E-state index contributed by atoms with van der Waals surface area (Å²) >= 11 is 0. The van der Waals surface area contributed by atoms with Crippen LogP contribution in [0.15, 0.2) is 72.9 Å². The number of nitrogens with zero attached hydrogens (tertiary/aromatic N) is 2. The zero-order chi connectivity index (χ0) is 17.1. The van der Waals surface area contributed by atoms with E-state index in [2.05, 4.69) is 89.3 Å². The van der Waals surface area contributed by atoms with E-state index in [9.17, 15) is 0 Å². The van der Waals surface area contributed by atoms with Gasteiger partial charge in [-0.2, -0.15) is 0 Å². The fraction of sp³-hybridized carbons (Fsp3) is 0.304. The first kappa shape index (κ1) is 16.2. The third-order valence-corrected chi connectivity index (χ3v) is 5.29. The van der Waals surface area contributed by atoms with Crippen LogP contribution in [-0.2, 0) is 19.5 Å². The molecule has 0 N–H and O–H groups in total. The minimum absolute atomic E-state index is 0.323. The minimum atomic E-state index is 0.323. The average molecular weight is 330 g/mol. The van der Waals surface area contributed by atoms with Crippen molar-refractivity contribution in [1.82, 2.24) is 9.47 Å². The number of hydrogen-bond donors (Lipinski definition) is 0. The highest BCUT2D eigenvalue weighted by atomic mass is 15.2. The summed E-state index contributed by atoms with van der Waals surface area (Å²) in [4.78, 5) is 2.63. The van der Waals surface area contributed by atoms with Gasteiger partial charge >= 0.3 is 0 Å². The lowest BCUT2D eigenvalue weighted by atomic mass is 9.99. The van der Waals surface area contributed by atoms with Crippen molar-refractivity contribution in [2.75, 3.05) is 6.54 Å². The summed E-state index contributed by atoms with van der Waals surface area (Å²) in [5, 5.41) is 0. The van der Waals surface area contributed by atoms with Crippen molar-refractivity contribution >= 4 is 0 Å². The summed E-state index contributed by atoms with van der Waals surface area (Å²) < 4.78 is 2.43. The molecule has 3 aromatic rings. The molecule has 0 radical (unpaired) electrons. The van der Waals surface area contributed by atoms with Crippen LogP contribution in [0.2, 0.25) is 0 Å². The van der Waals surface area contributed by atoms with Crippen molar-refractivity contribution < 1.29 is 0 Å². The molecule has 0 bridgehead atoms. The zero-order valence-corrected chi connectivity index (χ0v) is 14.9. The molecule has 1 aliphatic rings. The van der Waals surface area contributed by atoms with E-state index < -0.39 is 0 Å². The predicted molar refractivity (Wildman–Crippen MR) is 104 cm³/mol. The molecule has 0 aliphatic carbocycles. The number of aryl methyl sites for hydroxylation is 2. The third-order valence-electron chi connectivity index (χ3n) is 5.29. The highest BCUT2D eigenvalue weighted by Gasteiger charge is 2.27. The smallest absolute Gasteiger partial charge is 0.0759 e. The van der Waals surface area contributed by atoms with Crippen molar-refractivity contribution in [3.8, 4) is 0 Å². The topological polar surface area (TPSA) is 8.17 Å². The first-order valence-electron chi connectivity index (χ1n) is 9.37. The van der Waals surface area contributed by atoms with E-state index >= 15 is 0 Å². The summed E-state index contributed by atoms with van der Waals surface area (Å²) in [7, 11) is 0. The van der Waals surface area contributed by atoms with Gasteiger partial charge in [0.1, 0.15) is 0 Å². The minimum Gasteiger partial charge on any atom is -0.350 e.